The third-order valence-corrected chi connectivity index (χ3v) is 12.3. The van der Waals surface area contributed by atoms with E-state index >= 15 is 0 Å². The molecule has 0 saturated carbocycles. The van der Waals surface area contributed by atoms with Crippen LogP contribution in [0.4, 0.5) is 0 Å². The molecule has 0 radical (unpaired) electrons. The van der Waals surface area contributed by atoms with Gasteiger partial charge in [0.1, 0.15) is 11.2 Å². The summed E-state index contributed by atoms with van der Waals surface area (Å²) in [5.41, 5.74) is 11.3. The van der Waals surface area contributed by atoms with Crippen molar-refractivity contribution in [2.75, 3.05) is 0 Å². The average Bonchev–Trinajstić information content (AvgIpc) is 3.70. The Morgan fingerprint density at radius 2 is 0.966 bits per heavy atom. The Balaban J connectivity index is 0.936. The first-order valence-electron chi connectivity index (χ1n) is 20.0. The number of rotatable bonds is 3. The Labute approximate surface area is 337 Å². The van der Waals surface area contributed by atoms with Gasteiger partial charge in [0.25, 0.3) is 0 Å². The lowest BCUT2D eigenvalue weighted by Gasteiger charge is -2.14. The van der Waals surface area contributed by atoms with E-state index in [0.29, 0.717) is 0 Å². The fourth-order valence-electron chi connectivity index (χ4n) is 9.57. The molecule has 4 heterocycles. The summed E-state index contributed by atoms with van der Waals surface area (Å²) in [6, 6.07) is 63.1. The van der Waals surface area contributed by atoms with Crippen LogP contribution in [0.15, 0.2) is 193 Å². The Hall–Kier alpha value is -7.95. The van der Waals surface area contributed by atoms with Gasteiger partial charge in [0.2, 0.25) is 0 Å². The topological polar surface area (TPSA) is 51.8 Å². The second-order valence-corrected chi connectivity index (χ2v) is 15.5. The van der Waals surface area contributed by atoms with Crippen molar-refractivity contribution in [1.29, 1.82) is 0 Å². The third-order valence-electron chi connectivity index (χ3n) is 12.3. The number of benzene rings is 9. The number of hydrogen-bond donors (Lipinski definition) is 0. The molecule has 0 N–H and O–H groups in total. The monoisotopic (exact) mass is 749 g/mol. The van der Waals surface area contributed by atoms with Crippen molar-refractivity contribution in [2.45, 2.75) is 0 Å². The van der Waals surface area contributed by atoms with Crippen LogP contribution < -0.4 is 0 Å². The highest BCUT2D eigenvalue weighted by Gasteiger charge is 2.18. The molecule has 4 heteroatoms. The van der Waals surface area contributed by atoms with Crippen LogP contribution in [0.2, 0.25) is 0 Å². The summed E-state index contributed by atoms with van der Waals surface area (Å²) in [7, 11) is 0. The summed E-state index contributed by atoms with van der Waals surface area (Å²) >= 11 is 0. The quantitative estimate of drug-likeness (QED) is 0.169. The van der Waals surface area contributed by atoms with E-state index in [1.807, 2.05) is 30.6 Å². The molecule has 13 aromatic rings. The van der Waals surface area contributed by atoms with Gasteiger partial charge in [-0.25, -0.2) is 4.98 Å². The number of fused-ring (bicyclic) bond motifs is 16. The van der Waals surface area contributed by atoms with Crippen LogP contribution in [0.5, 0.6) is 0 Å². The second kappa shape index (κ2) is 12.3. The van der Waals surface area contributed by atoms with Crippen molar-refractivity contribution < 1.29 is 4.42 Å². The predicted molar refractivity (Wildman–Crippen MR) is 246 cm³/mol. The highest BCUT2D eigenvalue weighted by molar-refractivity contribution is 6.27. The molecule has 0 aliphatic carbocycles. The van der Waals surface area contributed by atoms with Crippen LogP contribution in [-0.2, 0) is 0 Å². The van der Waals surface area contributed by atoms with E-state index < -0.39 is 0 Å². The van der Waals surface area contributed by atoms with E-state index in [4.69, 9.17) is 14.4 Å². The average molecular weight is 750 g/mol. The maximum absolute atomic E-state index is 6.56. The van der Waals surface area contributed by atoms with Gasteiger partial charge in [0, 0.05) is 55.7 Å². The Morgan fingerprint density at radius 3 is 1.80 bits per heavy atom. The molecular formula is C55H31N3O. The van der Waals surface area contributed by atoms with E-state index in [-0.39, 0.29) is 0 Å². The van der Waals surface area contributed by atoms with Crippen LogP contribution in [0, 0.1) is 0 Å². The number of pyridine rings is 3. The van der Waals surface area contributed by atoms with E-state index in [1.54, 1.807) is 0 Å². The highest BCUT2D eigenvalue weighted by Crippen LogP contribution is 2.43. The van der Waals surface area contributed by atoms with Crippen LogP contribution >= 0.6 is 0 Å². The lowest BCUT2D eigenvalue weighted by Crippen LogP contribution is -1.91. The van der Waals surface area contributed by atoms with Crippen molar-refractivity contribution >= 4 is 97.7 Å². The van der Waals surface area contributed by atoms with Crippen molar-refractivity contribution in [3.8, 4) is 33.5 Å². The molecule has 4 nitrogen and oxygen atoms in total. The lowest BCUT2D eigenvalue weighted by molar-refractivity contribution is 0.673. The minimum absolute atomic E-state index is 0.897. The number of hydrogen-bond acceptors (Lipinski definition) is 4. The van der Waals surface area contributed by atoms with Crippen LogP contribution in [0.3, 0.4) is 0 Å². The molecule has 9 aromatic carbocycles. The molecular weight excluding hydrogens is 719 g/mol. The zero-order valence-corrected chi connectivity index (χ0v) is 31.6. The summed E-state index contributed by atoms with van der Waals surface area (Å²) in [4.78, 5) is 14.7. The minimum Gasteiger partial charge on any atom is -0.455 e. The molecule has 4 aromatic heterocycles. The molecule has 0 saturated heterocycles. The first-order valence-corrected chi connectivity index (χ1v) is 20.0. The van der Waals surface area contributed by atoms with Crippen LogP contribution in [0.25, 0.3) is 131 Å². The molecule has 0 unspecified atom stereocenters. The fraction of sp³-hybridized carbons (Fsp3) is 0. The highest BCUT2D eigenvalue weighted by atomic mass is 16.3. The van der Waals surface area contributed by atoms with Gasteiger partial charge in [0.15, 0.2) is 0 Å². The summed E-state index contributed by atoms with van der Waals surface area (Å²) in [6.07, 6.45) is 3.75. The first kappa shape index (κ1) is 32.2. The van der Waals surface area contributed by atoms with Crippen molar-refractivity contribution in [1.82, 2.24) is 15.0 Å². The predicted octanol–water partition coefficient (Wildman–Crippen LogP) is 14.8. The smallest absolute Gasteiger partial charge is 0.144 e. The number of para-hydroxylation sites is 2. The number of nitrogens with zero attached hydrogens (tertiary/aromatic N) is 3. The molecule has 272 valence electrons. The Morgan fingerprint density at radius 1 is 0.356 bits per heavy atom. The minimum atomic E-state index is 0.897. The van der Waals surface area contributed by atoms with Gasteiger partial charge in [-0.2, -0.15) is 0 Å². The van der Waals surface area contributed by atoms with Gasteiger partial charge in [0.05, 0.1) is 22.2 Å². The maximum atomic E-state index is 6.56. The zero-order valence-electron chi connectivity index (χ0n) is 31.6. The first-order chi connectivity index (χ1) is 29.2. The summed E-state index contributed by atoms with van der Waals surface area (Å²) in [5.74, 6) is 0. The molecule has 0 amide bonds. The zero-order chi connectivity index (χ0) is 38.6. The molecule has 0 atom stereocenters. The Bertz CT molecular complexity index is 3880. The maximum Gasteiger partial charge on any atom is 0.144 e. The van der Waals surface area contributed by atoms with Crippen LogP contribution in [0.1, 0.15) is 0 Å². The molecule has 0 spiro atoms. The fourth-order valence-corrected chi connectivity index (χ4v) is 9.57. The molecule has 13 rings (SSSR count). The molecule has 0 bridgehead atoms. The summed E-state index contributed by atoms with van der Waals surface area (Å²) in [6.45, 7) is 0. The molecule has 0 aliphatic heterocycles. The van der Waals surface area contributed by atoms with E-state index in [1.165, 1.54) is 37.9 Å². The van der Waals surface area contributed by atoms with Gasteiger partial charge in [-0.3, -0.25) is 9.97 Å². The third kappa shape index (κ3) is 4.75. The van der Waals surface area contributed by atoms with Gasteiger partial charge in [-0.1, -0.05) is 133 Å². The van der Waals surface area contributed by atoms with Crippen molar-refractivity contribution in [3.05, 3.63) is 188 Å². The number of aromatic nitrogens is 3. The normalized spacial score (nSPS) is 12.1. The van der Waals surface area contributed by atoms with E-state index in [9.17, 15) is 0 Å². The molecule has 0 fully saturated rings. The van der Waals surface area contributed by atoms with E-state index in [0.717, 1.165) is 93.4 Å². The summed E-state index contributed by atoms with van der Waals surface area (Å²) < 4.78 is 6.56. The van der Waals surface area contributed by atoms with Crippen LogP contribution in [-0.4, -0.2) is 15.0 Å². The van der Waals surface area contributed by atoms with Crippen molar-refractivity contribution in [2.24, 2.45) is 0 Å². The Kier molecular flexibility index (Phi) is 6.69. The number of furan rings is 1. The standard InChI is InChI=1S/C55H31N3O/c1-2-10-39-38(9-1)47-30-35(20-22-40(47)41-23-21-36(31-48(39)41)37-27-29-57-54-43(37)24-19-33-8-7-28-56-53(33)54)32-15-17-34(18-16-32)52-46-26-25-44-42-11-4-6-14-50(42)59-55(44)51(46)45-12-3-5-13-49(45)58-52/h1-31H. The second-order valence-electron chi connectivity index (χ2n) is 15.5. The largest absolute Gasteiger partial charge is 0.455 e. The van der Waals surface area contributed by atoms with Gasteiger partial charge in [-0.05, 0) is 97.0 Å². The van der Waals surface area contributed by atoms with E-state index in [2.05, 4.69) is 163 Å². The summed E-state index contributed by atoms with van der Waals surface area (Å²) in [5, 5.41) is 15.2. The molecule has 0 aliphatic rings. The van der Waals surface area contributed by atoms with Gasteiger partial charge in [-0.15, -0.1) is 0 Å². The van der Waals surface area contributed by atoms with Gasteiger partial charge < -0.3 is 4.42 Å². The molecule has 59 heavy (non-hydrogen) atoms. The van der Waals surface area contributed by atoms with Gasteiger partial charge >= 0.3 is 0 Å². The van der Waals surface area contributed by atoms with Crippen molar-refractivity contribution in [3.63, 3.8) is 0 Å². The SMILES string of the molecule is c1cnc2c(c1)ccc1c(-c3ccc4c5ccc(-c6ccc(-c7nc8ccccc8c8c7ccc7c9ccccc9oc78)cc6)cc5c5ccccc5c4c3)ccnc12. The lowest BCUT2D eigenvalue weighted by atomic mass is 9.89.